The molecule has 0 aromatic heterocycles. The second kappa shape index (κ2) is 13.0. The van der Waals surface area contributed by atoms with Crippen LogP contribution in [0.5, 0.6) is 11.5 Å². The van der Waals surface area contributed by atoms with Gasteiger partial charge in [0.1, 0.15) is 24.1 Å². The summed E-state index contributed by atoms with van der Waals surface area (Å²) in [7, 11) is -5.99. The highest BCUT2D eigenvalue weighted by Crippen LogP contribution is 2.31. The Morgan fingerprint density at radius 1 is 1.13 bits per heavy atom. The van der Waals surface area contributed by atoms with Crippen molar-refractivity contribution in [3.05, 3.63) is 47.5 Å². The van der Waals surface area contributed by atoms with Crippen molar-refractivity contribution in [1.29, 1.82) is 0 Å². The third kappa shape index (κ3) is 7.29. The smallest absolute Gasteiger partial charge is 0.244 e. The minimum atomic E-state index is -3.83. The molecule has 1 aliphatic rings. The van der Waals surface area contributed by atoms with Crippen LogP contribution in [0.4, 0.5) is 5.69 Å². The van der Waals surface area contributed by atoms with Crippen LogP contribution in [0, 0.1) is 0 Å². The molecule has 0 saturated carbocycles. The zero-order valence-electron chi connectivity index (χ0n) is 21.4. The number of amides is 1. The summed E-state index contributed by atoms with van der Waals surface area (Å²) < 4.78 is 69.0. The Bertz CT molecular complexity index is 1310. The summed E-state index contributed by atoms with van der Waals surface area (Å²) in [6.45, 7) is 3.23. The predicted octanol–water partition coefficient (Wildman–Crippen LogP) is 2.11. The summed E-state index contributed by atoms with van der Waals surface area (Å²) in [4.78, 5) is 13.1. The van der Waals surface area contributed by atoms with Gasteiger partial charge in [-0.3, -0.25) is 9.10 Å². The van der Waals surface area contributed by atoms with E-state index in [1.807, 2.05) is 0 Å². The third-order valence-corrected chi connectivity index (χ3v) is 9.21. The molecule has 1 saturated heterocycles. The molecular weight excluding hydrogens is 558 g/mol. The van der Waals surface area contributed by atoms with Gasteiger partial charge in [-0.25, -0.2) is 16.8 Å². The van der Waals surface area contributed by atoms with Crippen LogP contribution < -0.4 is 19.1 Å². The number of ether oxygens (including phenoxy) is 3. The topological polar surface area (TPSA) is 132 Å². The molecule has 1 heterocycles. The Morgan fingerprint density at radius 2 is 1.79 bits per heavy atom. The molecule has 1 unspecified atom stereocenters. The fourth-order valence-electron chi connectivity index (χ4n) is 3.96. The van der Waals surface area contributed by atoms with Crippen LogP contribution >= 0.6 is 11.6 Å². The van der Waals surface area contributed by atoms with E-state index in [4.69, 9.17) is 25.8 Å². The molecule has 1 N–H and O–H groups in total. The molecule has 0 spiro atoms. The first-order valence-corrected chi connectivity index (χ1v) is 15.6. The number of sulfonamides is 2. The number of carbonyl (C=O) groups is 1. The summed E-state index contributed by atoms with van der Waals surface area (Å²) in [5, 5.41) is 2.91. The molecule has 38 heavy (non-hydrogen) atoms. The Morgan fingerprint density at radius 3 is 2.34 bits per heavy atom. The molecule has 11 nitrogen and oxygen atoms in total. The molecule has 3 rings (SSSR count). The number of morpholine rings is 1. The maximum absolute atomic E-state index is 12.9. The lowest BCUT2D eigenvalue weighted by Gasteiger charge is -2.30. The van der Waals surface area contributed by atoms with E-state index >= 15 is 0 Å². The van der Waals surface area contributed by atoms with E-state index in [1.54, 1.807) is 19.1 Å². The van der Waals surface area contributed by atoms with Gasteiger partial charge in [0.15, 0.2) is 0 Å². The number of hydrogen-bond acceptors (Lipinski definition) is 8. The number of carbonyl (C=O) groups excluding carboxylic acids is 1. The van der Waals surface area contributed by atoms with Crippen molar-refractivity contribution in [3.63, 3.8) is 0 Å². The average molecular weight is 590 g/mol. The highest BCUT2D eigenvalue weighted by Gasteiger charge is 2.32. The lowest BCUT2D eigenvalue weighted by molar-refractivity contribution is -0.122. The molecule has 0 bridgehead atoms. The first-order chi connectivity index (χ1) is 18.0. The van der Waals surface area contributed by atoms with Gasteiger partial charge < -0.3 is 19.5 Å². The van der Waals surface area contributed by atoms with Crippen LogP contribution in [0.3, 0.4) is 0 Å². The largest absolute Gasteiger partial charge is 0.495 e. The quantitative estimate of drug-likeness (QED) is 0.372. The summed E-state index contributed by atoms with van der Waals surface area (Å²) in [5.41, 5.74) is 0.240. The van der Waals surface area contributed by atoms with Crippen LogP contribution in [0.15, 0.2) is 47.4 Å². The lowest BCUT2D eigenvalue weighted by Crippen LogP contribution is -2.50. The van der Waals surface area contributed by atoms with Gasteiger partial charge in [-0.2, -0.15) is 4.31 Å². The van der Waals surface area contributed by atoms with Gasteiger partial charge in [-0.1, -0.05) is 18.5 Å². The molecule has 0 aliphatic carbocycles. The number of methoxy groups -OCH3 is 1. The van der Waals surface area contributed by atoms with E-state index in [-0.39, 0.29) is 35.2 Å². The SMILES string of the molecule is CCC(C(=O)NCCOc1ccc(S(=O)(=O)N2CCOCC2)cc1)N(c1ccc(OC)c(Cl)c1)S(C)(=O)=O. The van der Waals surface area contributed by atoms with Crippen LogP contribution in [-0.2, 0) is 29.6 Å². The number of benzene rings is 2. The molecule has 0 radical (unpaired) electrons. The molecule has 2 aromatic rings. The lowest BCUT2D eigenvalue weighted by atomic mass is 10.2. The highest BCUT2D eigenvalue weighted by molar-refractivity contribution is 7.92. The molecule has 1 aliphatic heterocycles. The van der Waals surface area contributed by atoms with Crippen molar-refractivity contribution in [2.75, 3.05) is 57.1 Å². The third-order valence-electron chi connectivity index (χ3n) is 5.82. The molecule has 2 aromatic carbocycles. The number of anilines is 1. The van der Waals surface area contributed by atoms with Crippen LogP contribution in [-0.4, -0.2) is 85.9 Å². The number of halogens is 1. The van der Waals surface area contributed by atoms with Crippen molar-refractivity contribution >= 4 is 43.2 Å². The van der Waals surface area contributed by atoms with E-state index < -0.39 is 32.0 Å². The van der Waals surface area contributed by atoms with E-state index in [0.29, 0.717) is 37.8 Å². The first kappa shape index (κ1) is 30.0. The van der Waals surface area contributed by atoms with E-state index in [1.165, 1.54) is 41.7 Å². The van der Waals surface area contributed by atoms with Crippen LogP contribution in [0.2, 0.25) is 5.02 Å². The molecular formula is C24H32ClN3O8S2. The maximum Gasteiger partial charge on any atom is 0.244 e. The fraction of sp³-hybridized carbons (Fsp3) is 0.458. The molecule has 1 amide bonds. The number of rotatable bonds is 12. The van der Waals surface area contributed by atoms with Crippen molar-refractivity contribution in [2.45, 2.75) is 24.3 Å². The second-order valence-corrected chi connectivity index (χ2v) is 12.6. The standard InChI is InChI=1S/C24H32ClN3O8S2/c1-4-22(28(37(3,30)31)18-5-10-23(34-2)21(25)17-18)24(29)26-11-14-36-19-6-8-20(9-7-19)38(32,33)27-12-15-35-16-13-27/h5-10,17,22H,4,11-16H2,1-3H3,(H,26,29). The summed E-state index contributed by atoms with van der Waals surface area (Å²) >= 11 is 6.18. The van der Waals surface area contributed by atoms with Gasteiger partial charge >= 0.3 is 0 Å². The fourth-order valence-corrected chi connectivity index (χ4v) is 6.82. The van der Waals surface area contributed by atoms with Gasteiger partial charge in [0.25, 0.3) is 0 Å². The summed E-state index contributed by atoms with van der Waals surface area (Å²) in [6.07, 6.45) is 1.23. The van der Waals surface area contributed by atoms with Gasteiger partial charge in [-0.15, -0.1) is 0 Å². The second-order valence-electron chi connectivity index (χ2n) is 8.43. The molecule has 210 valence electrons. The van der Waals surface area contributed by atoms with Crippen molar-refractivity contribution in [1.82, 2.24) is 9.62 Å². The number of nitrogens with one attached hydrogen (secondary N) is 1. The molecule has 1 atom stereocenters. The van der Waals surface area contributed by atoms with E-state index in [2.05, 4.69) is 5.32 Å². The normalized spacial score (nSPS) is 15.5. The first-order valence-electron chi connectivity index (χ1n) is 11.9. The minimum absolute atomic E-state index is 0.0883. The van der Waals surface area contributed by atoms with E-state index in [0.717, 1.165) is 10.6 Å². The zero-order valence-corrected chi connectivity index (χ0v) is 23.8. The maximum atomic E-state index is 12.9. The zero-order chi connectivity index (χ0) is 27.9. The Balaban J connectivity index is 1.59. The molecule has 14 heteroatoms. The van der Waals surface area contributed by atoms with Gasteiger partial charge in [0.05, 0.1) is 48.7 Å². The highest BCUT2D eigenvalue weighted by atomic mass is 35.5. The average Bonchev–Trinajstić information content (AvgIpc) is 2.89. The van der Waals surface area contributed by atoms with E-state index in [9.17, 15) is 21.6 Å². The summed E-state index contributed by atoms with van der Waals surface area (Å²) in [6, 6.07) is 9.50. The predicted molar refractivity (Wildman–Crippen MR) is 144 cm³/mol. The van der Waals surface area contributed by atoms with Gasteiger partial charge in [-0.05, 0) is 48.9 Å². The number of nitrogens with zero attached hydrogens (tertiary/aromatic N) is 2. The van der Waals surface area contributed by atoms with Crippen molar-refractivity contribution in [2.24, 2.45) is 0 Å². The van der Waals surface area contributed by atoms with Crippen molar-refractivity contribution < 1.29 is 35.8 Å². The summed E-state index contributed by atoms with van der Waals surface area (Å²) in [5.74, 6) is 0.309. The Kier molecular flexibility index (Phi) is 10.2. The number of hydrogen-bond donors (Lipinski definition) is 1. The van der Waals surface area contributed by atoms with Crippen LogP contribution in [0.1, 0.15) is 13.3 Å². The monoisotopic (exact) mass is 589 g/mol. The minimum Gasteiger partial charge on any atom is -0.495 e. The van der Waals surface area contributed by atoms with Crippen molar-refractivity contribution in [3.8, 4) is 11.5 Å². The van der Waals surface area contributed by atoms with Crippen LogP contribution in [0.25, 0.3) is 0 Å². The Hall–Kier alpha value is -2.58. The Labute approximate surface area is 228 Å². The van der Waals surface area contributed by atoms with Gasteiger partial charge in [0.2, 0.25) is 26.0 Å². The molecule has 1 fully saturated rings. The van der Waals surface area contributed by atoms with Gasteiger partial charge in [0, 0.05) is 13.1 Å².